The molecule has 4 nitrogen and oxygen atoms in total. The van der Waals surface area contributed by atoms with E-state index in [2.05, 4.69) is 17.5 Å². The summed E-state index contributed by atoms with van der Waals surface area (Å²) in [5, 5.41) is 2.98. The van der Waals surface area contributed by atoms with Crippen LogP contribution < -0.4 is 14.8 Å². The van der Waals surface area contributed by atoms with E-state index in [1.54, 1.807) is 0 Å². The Bertz CT molecular complexity index is 512. The number of rotatable bonds is 3. The fraction of sp³-hybridized carbons (Fsp3) is 0.438. The maximum absolute atomic E-state index is 12.0. The molecule has 3 rings (SSSR count). The molecule has 1 aromatic carbocycles. The van der Waals surface area contributed by atoms with Gasteiger partial charge in [0.2, 0.25) is 5.91 Å². The Balaban J connectivity index is 1.50. The van der Waals surface area contributed by atoms with Crippen LogP contribution in [-0.2, 0) is 4.79 Å². The SMILES string of the molecule is O=C(NCC1COc2ccccc2O1)C1CC=CCC1. The quantitative estimate of drug-likeness (QED) is 0.860. The van der Waals surface area contributed by atoms with E-state index in [4.69, 9.17) is 9.47 Å². The number of nitrogens with one attached hydrogen (secondary N) is 1. The van der Waals surface area contributed by atoms with E-state index in [0.717, 1.165) is 30.8 Å². The second-order valence-electron chi connectivity index (χ2n) is 5.22. The van der Waals surface area contributed by atoms with Gasteiger partial charge in [0.15, 0.2) is 11.5 Å². The van der Waals surface area contributed by atoms with Gasteiger partial charge in [0, 0.05) is 5.92 Å². The highest BCUT2D eigenvalue weighted by atomic mass is 16.6. The van der Waals surface area contributed by atoms with Crippen LogP contribution in [0, 0.1) is 5.92 Å². The minimum absolute atomic E-state index is 0.108. The van der Waals surface area contributed by atoms with E-state index < -0.39 is 0 Å². The molecule has 106 valence electrons. The molecule has 0 saturated heterocycles. The number of ether oxygens (including phenoxy) is 2. The predicted molar refractivity (Wildman–Crippen MR) is 75.8 cm³/mol. The number of fused-ring (bicyclic) bond motifs is 1. The third kappa shape index (κ3) is 2.95. The molecule has 1 aliphatic heterocycles. The summed E-state index contributed by atoms with van der Waals surface area (Å²) in [6, 6.07) is 7.60. The first kappa shape index (κ1) is 13.0. The van der Waals surface area contributed by atoms with Gasteiger partial charge in [-0.2, -0.15) is 0 Å². The largest absolute Gasteiger partial charge is 0.486 e. The van der Waals surface area contributed by atoms with Crippen molar-refractivity contribution in [1.29, 1.82) is 0 Å². The third-order valence-corrected chi connectivity index (χ3v) is 3.71. The van der Waals surface area contributed by atoms with Gasteiger partial charge in [-0.15, -0.1) is 0 Å². The highest BCUT2D eigenvalue weighted by Crippen LogP contribution is 2.30. The van der Waals surface area contributed by atoms with E-state index in [1.807, 2.05) is 24.3 Å². The second-order valence-corrected chi connectivity index (χ2v) is 5.22. The molecule has 1 heterocycles. The molecule has 1 N–H and O–H groups in total. The summed E-state index contributed by atoms with van der Waals surface area (Å²) in [5.74, 6) is 1.75. The van der Waals surface area contributed by atoms with Crippen molar-refractivity contribution in [3.63, 3.8) is 0 Å². The minimum atomic E-state index is -0.118. The average Bonchev–Trinajstić information content (AvgIpc) is 2.53. The maximum Gasteiger partial charge on any atom is 0.223 e. The topological polar surface area (TPSA) is 47.6 Å². The van der Waals surface area contributed by atoms with Gasteiger partial charge in [0.25, 0.3) is 0 Å². The summed E-state index contributed by atoms with van der Waals surface area (Å²) in [7, 11) is 0. The zero-order chi connectivity index (χ0) is 13.8. The molecule has 2 aliphatic rings. The van der Waals surface area contributed by atoms with Crippen LogP contribution in [0.25, 0.3) is 0 Å². The maximum atomic E-state index is 12.0. The van der Waals surface area contributed by atoms with Crippen molar-refractivity contribution in [2.75, 3.05) is 13.2 Å². The van der Waals surface area contributed by atoms with Gasteiger partial charge in [-0.25, -0.2) is 0 Å². The Kier molecular flexibility index (Phi) is 3.90. The number of amides is 1. The third-order valence-electron chi connectivity index (χ3n) is 3.71. The van der Waals surface area contributed by atoms with E-state index in [0.29, 0.717) is 13.2 Å². The summed E-state index contributed by atoms with van der Waals surface area (Å²) in [6.45, 7) is 0.968. The normalized spacial score (nSPS) is 24.2. The summed E-state index contributed by atoms with van der Waals surface area (Å²) in [4.78, 5) is 12.0. The predicted octanol–water partition coefficient (Wildman–Crippen LogP) is 2.30. The molecule has 0 aromatic heterocycles. The van der Waals surface area contributed by atoms with Crippen molar-refractivity contribution in [2.45, 2.75) is 25.4 Å². The summed E-state index contributed by atoms with van der Waals surface area (Å²) in [5.41, 5.74) is 0. The highest BCUT2D eigenvalue weighted by Gasteiger charge is 2.23. The van der Waals surface area contributed by atoms with Crippen LogP contribution in [0.15, 0.2) is 36.4 Å². The van der Waals surface area contributed by atoms with Crippen LogP contribution in [0.4, 0.5) is 0 Å². The number of allylic oxidation sites excluding steroid dienone is 2. The average molecular weight is 273 g/mol. The Hall–Kier alpha value is -1.97. The molecule has 0 fully saturated rings. The second kappa shape index (κ2) is 5.99. The monoisotopic (exact) mass is 273 g/mol. The molecule has 0 saturated carbocycles. The van der Waals surface area contributed by atoms with Crippen LogP contribution in [0.5, 0.6) is 11.5 Å². The van der Waals surface area contributed by atoms with Crippen molar-refractivity contribution in [3.05, 3.63) is 36.4 Å². The molecule has 0 spiro atoms. The molecule has 0 bridgehead atoms. The smallest absolute Gasteiger partial charge is 0.223 e. The number of hydrogen-bond acceptors (Lipinski definition) is 3. The molecule has 1 aromatic rings. The Morgan fingerprint density at radius 1 is 1.25 bits per heavy atom. The standard InChI is InChI=1S/C16H19NO3/c18-16(12-6-2-1-3-7-12)17-10-13-11-19-14-8-4-5-9-15(14)20-13/h1-2,4-5,8-9,12-13H,3,6-7,10-11H2,(H,17,18). The van der Waals surface area contributed by atoms with Crippen LogP contribution in [0.2, 0.25) is 0 Å². The van der Waals surface area contributed by atoms with Gasteiger partial charge in [-0.05, 0) is 31.4 Å². The van der Waals surface area contributed by atoms with Gasteiger partial charge in [0.1, 0.15) is 12.7 Å². The number of carbonyl (C=O) groups is 1. The van der Waals surface area contributed by atoms with Gasteiger partial charge >= 0.3 is 0 Å². The van der Waals surface area contributed by atoms with Crippen LogP contribution in [0.3, 0.4) is 0 Å². The molecule has 1 aliphatic carbocycles. The lowest BCUT2D eigenvalue weighted by atomic mass is 9.94. The first-order chi connectivity index (χ1) is 9.83. The van der Waals surface area contributed by atoms with Gasteiger partial charge in [0.05, 0.1) is 6.54 Å². The Morgan fingerprint density at radius 3 is 2.90 bits per heavy atom. The van der Waals surface area contributed by atoms with E-state index in [-0.39, 0.29) is 17.9 Å². The van der Waals surface area contributed by atoms with Gasteiger partial charge in [-0.3, -0.25) is 4.79 Å². The van der Waals surface area contributed by atoms with Gasteiger partial charge in [-0.1, -0.05) is 24.3 Å². The van der Waals surface area contributed by atoms with Crippen LogP contribution in [0.1, 0.15) is 19.3 Å². The molecule has 1 amide bonds. The van der Waals surface area contributed by atoms with E-state index in [1.165, 1.54) is 0 Å². The molecule has 0 radical (unpaired) electrons. The molecule has 2 unspecified atom stereocenters. The molecule has 2 atom stereocenters. The Morgan fingerprint density at radius 2 is 2.10 bits per heavy atom. The zero-order valence-electron chi connectivity index (χ0n) is 11.4. The van der Waals surface area contributed by atoms with Crippen molar-refractivity contribution < 1.29 is 14.3 Å². The van der Waals surface area contributed by atoms with E-state index >= 15 is 0 Å². The number of para-hydroxylation sites is 2. The fourth-order valence-electron chi connectivity index (χ4n) is 2.55. The number of benzene rings is 1. The summed E-state index contributed by atoms with van der Waals surface area (Å²) >= 11 is 0. The number of carbonyl (C=O) groups excluding carboxylic acids is 1. The fourth-order valence-corrected chi connectivity index (χ4v) is 2.55. The number of hydrogen-bond donors (Lipinski definition) is 1. The van der Waals surface area contributed by atoms with E-state index in [9.17, 15) is 4.79 Å². The van der Waals surface area contributed by atoms with Crippen molar-refractivity contribution >= 4 is 5.91 Å². The van der Waals surface area contributed by atoms with Crippen molar-refractivity contribution in [1.82, 2.24) is 5.32 Å². The van der Waals surface area contributed by atoms with Crippen LogP contribution in [-0.4, -0.2) is 25.2 Å². The molecular formula is C16H19NO3. The molecule has 4 heteroatoms. The van der Waals surface area contributed by atoms with Crippen LogP contribution >= 0.6 is 0 Å². The lowest BCUT2D eigenvalue weighted by Gasteiger charge is -2.27. The highest BCUT2D eigenvalue weighted by molar-refractivity contribution is 5.79. The lowest BCUT2D eigenvalue weighted by molar-refractivity contribution is -0.125. The zero-order valence-corrected chi connectivity index (χ0v) is 11.4. The summed E-state index contributed by atoms with van der Waals surface area (Å²) < 4.78 is 11.4. The summed E-state index contributed by atoms with van der Waals surface area (Å²) in [6.07, 6.45) is 6.88. The first-order valence-electron chi connectivity index (χ1n) is 7.14. The van der Waals surface area contributed by atoms with Crippen molar-refractivity contribution in [2.24, 2.45) is 5.92 Å². The van der Waals surface area contributed by atoms with Crippen molar-refractivity contribution in [3.8, 4) is 11.5 Å². The lowest BCUT2D eigenvalue weighted by Crippen LogP contribution is -2.42. The minimum Gasteiger partial charge on any atom is -0.486 e. The van der Waals surface area contributed by atoms with Gasteiger partial charge < -0.3 is 14.8 Å². The molecule has 20 heavy (non-hydrogen) atoms. The first-order valence-corrected chi connectivity index (χ1v) is 7.14. The molecular weight excluding hydrogens is 254 g/mol. The Labute approximate surface area is 118 Å².